The first-order valence-electron chi connectivity index (χ1n) is 16.6. The van der Waals surface area contributed by atoms with Crippen molar-refractivity contribution in [2.45, 2.75) is 96.5 Å². The molecule has 1 aliphatic carbocycles. The molecule has 0 saturated heterocycles. The van der Waals surface area contributed by atoms with Gasteiger partial charge in [0.1, 0.15) is 10.3 Å². The van der Waals surface area contributed by atoms with Gasteiger partial charge < -0.3 is 9.84 Å². The summed E-state index contributed by atoms with van der Waals surface area (Å²) in [5, 5.41) is 17.4. The first-order chi connectivity index (χ1) is 24.1. The third-order valence-corrected chi connectivity index (χ3v) is 10.8. The van der Waals surface area contributed by atoms with Crippen molar-refractivity contribution in [3.63, 3.8) is 0 Å². The molecular formula is C35H42F3N7O6S. The number of fused-ring (bicyclic) bond motifs is 1. The summed E-state index contributed by atoms with van der Waals surface area (Å²) in [5.74, 6) is -1.09. The highest BCUT2D eigenvalue weighted by Gasteiger charge is 2.43. The number of amides is 1. The van der Waals surface area contributed by atoms with Crippen LogP contribution in [0.15, 0.2) is 55.1 Å². The molecule has 1 atom stereocenters. The van der Waals surface area contributed by atoms with Crippen LogP contribution in [0.3, 0.4) is 0 Å². The first kappa shape index (κ1) is 38.3. The molecule has 1 aliphatic rings. The van der Waals surface area contributed by atoms with E-state index in [1.807, 2.05) is 13.8 Å². The van der Waals surface area contributed by atoms with E-state index in [9.17, 15) is 31.2 Å². The molecule has 0 saturated carbocycles. The van der Waals surface area contributed by atoms with E-state index < -0.39 is 44.3 Å². The van der Waals surface area contributed by atoms with Gasteiger partial charge in [-0.25, -0.2) is 22.2 Å². The minimum Gasteiger partial charge on any atom is -0.481 e. The zero-order valence-corrected chi connectivity index (χ0v) is 30.8. The largest absolute Gasteiger partial charge is 0.481 e. The summed E-state index contributed by atoms with van der Waals surface area (Å²) in [6.45, 7) is 10.5. The fraction of sp³-hybridized carbons (Fsp3) is 0.457. The Morgan fingerprint density at radius 2 is 1.81 bits per heavy atom. The Labute approximate surface area is 299 Å². The van der Waals surface area contributed by atoms with Gasteiger partial charge in [0, 0.05) is 72.9 Å². The average molecular weight is 746 g/mol. The maximum Gasteiger partial charge on any atom is 0.435 e. The van der Waals surface area contributed by atoms with Gasteiger partial charge in [-0.05, 0) is 72.1 Å². The van der Waals surface area contributed by atoms with Crippen LogP contribution in [0.1, 0.15) is 77.8 Å². The van der Waals surface area contributed by atoms with Gasteiger partial charge in [0.2, 0.25) is 10.0 Å². The molecule has 0 radical (unpaired) electrons. The number of carboxylic acids is 1. The maximum atomic E-state index is 14.7. The first-order valence-corrected chi connectivity index (χ1v) is 18.1. The average Bonchev–Trinajstić information content (AvgIpc) is 3.73. The summed E-state index contributed by atoms with van der Waals surface area (Å²) in [7, 11) is -2.70. The second-order valence-corrected chi connectivity index (χ2v) is 16.5. The molecule has 4 heterocycles. The molecule has 0 fully saturated rings. The molecule has 0 aliphatic heterocycles. The summed E-state index contributed by atoms with van der Waals surface area (Å²) in [5.41, 5.74) is -0.807. The second-order valence-electron chi connectivity index (χ2n) is 14.3. The minimum atomic E-state index is -4.89. The lowest BCUT2D eigenvalue weighted by molar-refractivity contribution is -0.141. The Balaban J connectivity index is 1.57. The minimum absolute atomic E-state index is 0.0428. The lowest BCUT2D eigenvalue weighted by Crippen LogP contribution is -2.40. The number of aliphatic carboxylic acids is 1. The Morgan fingerprint density at radius 3 is 2.44 bits per heavy atom. The molecular weight excluding hydrogens is 703 g/mol. The standard InChI is InChI=1S/C35H42F3N7O6S/c1-22(2)44(32(48)51-33(3,4)5)21-28-25(18-42(7)40-28)23-11-8-14-34(6,17-23)52(49,50)45-20-26(24-12-9-15-39-31(24)45)27-19-43(16-10-13-29(46)47)41-30(27)35(36,37)38/h8-9,11-12,15,17-20,22H,10,13-14,16,21H2,1-7H3,(H,46,47). The van der Waals surface area contributed by atoms with E-state index >= 15 is 0 Å². The Hall–Kier alpha value is -4.93. The number of alkyl halides is 3. The van der Waals surface area contributed by atoms with E-state index in [0.29, 0.717) is 16.8 Å². The fourth-order valence-electron chi connectivity index (χ4n) is 6.02. The van der Waals surface area contributed by atoms with Gasteiger partial charge in [-0.1, -0.05) is 18.2 Å². The van der Waals surface area contributed by atoms with Gasteiger partial charge in [0.05, 0.1) is 12.2 Å². The third kappa shape index (κ3) is 7.78. The number of nitrogens with zero attached hydrogens (tertiary/aromatic N) is 7. The highest BCUT2D eigenvalue weighted by molar-refractivity contribution is 7.91. The topological polar surface area (TPSA) is 154 Å². The molecule has 1 N–H and O–H groups in total. The van der Waals surface area contributed by atoms with Crippen molar-refractivity contribution in [2.75, 3.05) is 0 Å². The number of aromatic nitrogens is 6. The number of aryl methyl sites for hydroxylation is 2. The van der Waals surface area contributed by atoms with E-state index in [1.165, 1.54) is 30.2 Å². The lowest BCUT2D eigenvalue weighted by atomic mass is 9.93. The van der Waals surface area contributed by atoms with Crippen molar-refractivity contribution in [2.24, 2.45) is 7.05 Å². The molecule has 17 heteroatoms. The van der Waals surface area contributed by atoms with Crippen LogP contribution in [-0.2, 0) is 45.9 Å². The molecule has 4 aromatic heterocycles. The molecule has 0 spiro atoms. The Bertz CT molecular complexity index is 2170. The zero-order chi connectivity index (χ0) is 38.4. The van der Waals surface area contributed by atoms with Crippen molar-refractivity contribution >= 4 is 38.7 Å². The number of ether oxygens (including phenoxy) is 1. The zero-order valence-electron chi connectivity index (χ0n) is 30.0. The number of carbonyl (C=O) groups is 2. The van der Waals surface area contributed by atoms with Crippen molar-refractivity contribution in [3.05, 3.63) is 72.1 Å². The van der Waals surface area contributed by atoms with Crippen molar-refractivity contribution in [3.8, 4) is 11.1 Å². The second kappa shape index (κ2) is 13.9. The number of hydrogen-bond donors (Lipinski definition) is 1. The molecule has 5 rings (SSSR count). The molecule has 4 aromatic rings. The summed E-state index contributed by atoms with van der Waals surface area (Å²) in [4.78, 5) is 29.9. The fourth-order valence-corrected chi connectivity index (χ4v) is 7.67. The molecule has 280 valence electrons. The SMILES string of the molecule is CC(C)N(Cc1nn(C)cc1C1=CC(C)(S(=O)(=O)n2cc(-c3cn(CCCC(=O)O)nc3C(F)(F)F)c3cccnc32)CC=C1)C(=O)OC(C)(C)C. The number of pyridine rings is 1. The van der Waals surface area contributed by atoms with Crippen molar-refractivity contribution < 1.29 is 41.0 Å². The molecule has 13 nitrogen and oxygen atoms in total. The van der Waals surface area contributed by atoms with Crippen molar-refractivity contribution in [1.82, 2.24) is 33.4 Å². The Morgan fingerprint density at radius 1 is 1.10 bits per heavy atom. The molecule has 1 unspecified atom stereocenters. The van der Waals surface area contributed by atoms with Gasteiger partial charge in [-0.2, -0.15) is 23.4 Å². The molecule has 52 heavy (non-hydrogen) atoms. The van der Waals surface area contributed by atoms with Gasteiger partial charge in [0.25, 0.3) is 0 Å². The quantitative estimate of drug-likeness (QED) is 0.178. The van der Waals surface area contributed by atoms with E-state index in [4.69, 9.17) is 9.84 Å². The monoisotopic (exact) mass is 745 g/mol. The molecule has 1 amide bonds. The van der Waals surface area contributed by atoms with Crippen LogP contribution < -0.4 is 0 Å². The third-order valence-electron chi connectivity index (χ3n) is 8.55. The number of rotatable bonds is 11. The summed E-state index contributed by atoms with van der Waals surface area (Å²) < 4.78 is 79.8. The normalized spacial score (nSPS) is 16.8. The van der Waals surface area contributed by atoms with Gasteiger partial charge in [-0.15, -0.1) is 0 Å². The van der Waals surface area contributed by atoms with Crippen molar-refractivity contribution in [1.29, 1.82) is 0 Å². The van der Waals surface area contributed by atoms with Crippen LogP contribution in [0.4, 0.5) is 18.0 Å². The summed E-state index contributed by atoms with van der Waals surface area (Å²) >= 11 is 0. The van der Waals surface area contributed by atoms with Gasteiger partial charge >= 0.3 is 18.2 Å². The number of allylic oxidation sites excluding steroid dienone is 3. The molecule has 0 aromatic carbocycles. The number of carbonyl (C=O) groups excluding carboxylic acids is 1. The van der Waals surface area contributed by atoms with Gasteiger partial charge in [-0.3, -0.25) is 19.1 Å². The summed E-state index contributed by atoms with van der Waals surface area (Å²) in [6.07, 6.45) is 4.85. The summed E-state index contributed by atoms with van der Waals surface area (Å²) in [6, 6.07) is 2.74. The van der Waals surface area contributed by atoms with E-state index in [-0.39, 0.29) is 60.6 Å². The smallest absolute Gasteiger partial charge is 0.435 e. The van der Waals surface area contributed by atoms with Crippen LogP contribution >= 0.6 is 0 Å². The number of carboxylic acid groups (broad SMARTS) is 1. The van der Waals surface area contributed by atoms with E-state index in [1.54, 1.807) is 56.9 Å². The maximum absolute atomic E-state index is 14.7. The Kier molecular flexibility index (Phi) is 10.2. The predicted molar refractivity (Wildman–Crippen MR) is 187 cm³/mol. The van der Waals surface area contributed by atoms with E-state index in [0.717, 1.165) is 21.0 Å². The highest BCUT2D eigenvalue weighted by atomic mass is 32.2. The predicted octanol–water partition coefficient (Wildman–Crippen LogP) is 6.64. The van der Waals surface area contributed by atoms with Crippen LogP contribution in [0, 0.1) is 0 Å². The van der Waals surface area contributed by atoms with Crippen LogP contribution in [0.5, 0.6) is 0 Å². The lowest BCUT2D eigenvalue weighted by Gasteiger charge is -2.30. The highest BCUT2D eigenvalue weighted by Crippen LogP contribution is 2.42. The van der Waals surface area contributed by atoms with Crippen LogP contribution in [-0.4, -0.2) is 75.4 Å². The van der Waals surface area contributed by atoms with Crippen LogP contribution in [0.25, 0.3) is 27.7 Å². The van der Waals surface area contributed by atoms with Gasteiger partial charge in [0.15, 0.2) is 11.3 Å². The molecule has 0 bridgehead atoms. The van der Waals surface area contributed by atoms with E-state index in [2.05, 4.69) is 15.2 Å². The number of hydrogen-bond acceptors (Lipinski definition) is 8. The van der Waals surface area contributed by atoms with Crippen LogP contribution in [0.2, 0.25) is 0 Å². The number of halogens is 3.